The molecule has 0 heterocycles. The van der Waals surface area contributed by atoms with Crippen LogP contribution in [0.15, 0.2) is 24.3 Å². The Morgan fingerprint density at radius 1 is 1.18 bits per heavy atom. The summed E-state index contributed by atoms with van der Waals surface area (Å²) in [5.74, 6) is -0.0900. The van der Waals surface area contributed by atoms with Gasteiger partial charge in [0.2, 0.25) is 0 Å². The van der Waals surface area contributed by atoms with Gasteiger partial charge < -0.3 is 9.47 Å². The van der Waals surface area contributed by atoms with Crippen molar-refractivity contribution < 1.29 is 19.1 Å². The van der Waals surface area contributed by atoms with Gasteiger partial charge in [-0.1, -0.05) is 32.9 Å². The monoisotopic (exact) mass is 304 g/mol. The predicted octanol–water partition coefficient (Wildman–Crippen LogP) is 3.98. The molecule has 1 fully saturated rings. The van der Waals surface area contributed by atoms with Gasteiger partial charge in [0.1, 0.15) is 17.4 Å². The van der Waals surface area contributed by atoms with E-state index < -0.39 is 11.9 Å². The highest BCUT2D eigenvalue weighted by Gasteiger charge is 2.34. The van der Waals surface area contributed by atoms with Crippen molar-refractivity contribution in [2.75, 3.05) is 0 Å². The molecule has 2 unspecified atom stereocenters. The largest absolute Gasteiger partial charge is 0.459 e. The second-order valence-electron chi connectivity index (χ2n) is 7.03. The van der Waals surface area contributed by atoms with Crippen molar-refractivity contribution in [3.63, 3.8) is 0 Å². The van der Waals surface area contributed by atoms with Crippen LogP contribution in [0, 0.1) is 11.3 Å². The van der Waals surface area contributed by atoms with Gasteiger partial charge in [-0.25, -0.2) is 4.79 Å². The average molecular weight is 304 g/mol. The van der Waals surface area contributed by atoms with Crippen molar-refractivity contribution in [2.45, 2.75) is 53.1 Å². The summed E-state index contributed by atoms with van der Waals surface area (Å²) in [6.07, 6.45) is 2.80. The maximum Gasteiger partial charge on any atom is 0.342 e. The second-order valence-corrected chi connectivity index (χ2v) is 7.03. The Hall–Kier alpha value is -1.84. The molecule has 1 saturated carbocycles. The molecule has 120 valence electrons. The number of carbonyl (C=O) groups excluding carboxylic acids is 2. The molecule has 0 spiro atoms. The summed E-state index contributed by atoms with van der Waals surface area (Å²) >= 11 is 0. The molecule has 0 amide bonds. The first-order valence-electron chi connectivity index (χ1n) is 7.75. The lowest BCUT2D eigenvalue weighted by atomic mass is 9.71. The SMILES string of the molecule is CC(=O)Oc1ccccc1C(=O)OC1CC(C)CC(C)(C)C1. The van der Waals surface area contributed by atoms with Crippen LogP contribution in [0.1, 0.15) is 57.3 Å². The van der Waals surface area contributed by atoms with Gasteiger partial charge in [0.15, 0.2) is 0 Å². The van der Waals surface area contributed by atoms with Gasteiger partial charge in [-0.05, 0) is 42.7 Å². The number of ether oxygens (including phenoxy) is 2. The van der Waals surface area contributed by atoms with Crippen LogP contribution in [0.4, 0.5) is 0 Å². The van der Waals surface area contributed by atoms with Crippen LogP contribution in [-0.4, -0.2) is 18.0 Å². The fraction of sp³-hybridized carbons (Fsp3) is 0.556. The van der Waals surface area contributed by atoms with Crippen molar-refractivity contribution in [2.24, 2.45) is 11.3 Å². The van der Waals surface area contributed by atoms with E-state index in [4.69, 9.17) is 9.47 Å². The zero-order valence-electron chi connectivity index (χ0n) is 13.7. The summed E-state index contributed by atoms with van der Waals surface area (Å²) in [4.78, 5) is 23.6. The fourth-order valence-electron chi connectivity index (χ4n) is 3.44. The van der Waals surface area contributed by atoms with Crippen molar-refractivity contribution >= 4 is 11.9 Å². The number of hydrogen-bond donors (Lipinski definition) is 0. The quantitative estimate of drug-likeness (QED) is 0.626. The minimum absolute atomic E-state index is 0.0864. The zero-order chi connectivity index (χ0) is 16.3. The molecule has 1 aliphatic rings. The van der Waals surface area contributed by atoms with E-state index in [0.717, 1.165) is 19.3 Å². The van der Waals surface area contributed by atoms with Crippen LogP contribution in [-0.2, 0) is 9.53 Å². The summed E-state index contributed by atoms with van der Waals surface area (Å²) in [7, 11) is 0. The van der Waals surface area contributed by atoms with Gasteiger partial charge in [0.05, 0.1) is 0 Å². The highest BCUT2D eigenvalue weighted by Crippen LogP contribution is 2.40. The fourth-order valence-corrected chi connectivity index (χ4v) is 3.44. The van der Waals surface area contributed by atoms with E-state index in [0.29, 0.717) is 11.5 Å². The zero-order valence-corrected chi connectivity index (χ0v) is 13.7. The van der Waals surface area contributed by atoms with E-state index >= 15 is 0 Å². The molecule has 0 bridgehead atoms. The third kappa shape index (κ3) is 4.33. The van der Waals surface area contributed by atoms with Gasteiger partial charge in [0.25, 0.3) is 0 Å². The molecule has 22 heavy (non-hydrogen) atoms. The van der Waals surface area contributed by atoms with Gasteiger partial charge in [-0.3, -0.25) is 4.79 Å². The summed E-state index contributed by atoms with van der Waals surface area (Å²) in [5.41, 5.74) is 0.478. The molecule has 0 N–H and O–H groups in total. The van der Waals surface area contributed by atoms with E-state index in [1.54, 1.807) is 24.3 Å². The van der Waals surface area contributed by atoms with Crippen molar-refractivity contribution in [3.8, 4) is 5.75 Å². The normalized spacial score (nSPS) is 23.6. The van der Waals surface area contributed by atoms with Crippen molar-refractivity contribution in [1.82, 2.24) is 0 Å². The van der Waals surface area contributed by atoms with Gasteiger partial charge in [-0.2, -0.15) is 0 Å². The van der Waals surface area contributed by atoms with Crippen molar-refractivity contribution in [1.29, 1.82) is 0 Å². The number of rotatable bonds is 3. The molecule has 1 aliphatic carbocycles. The smallest absolute Gasteiger partial charge is 0.342 e. The molecule has 0 aliphatic heterocycles. The predicted molar refractivity (Wildman–Crippen MR) is 83.8 cm³/mol. The topological polar surface area (TPSA) is 52.6 Å². The van der Waals surface area contributed by atoms with Crippen LogP contribution >= 0.6 is 0 Å². The number of para-hydroxylation sites is 1. The lowest BCUT2D eigenvalue weighted by Crippen LogP contribution is -2.34. The van der Waals surface area contributed by atoms with E-state index in [1.165, 1.54) is 6.92 Å². The maximum absolute atomic E-state index is 12.4. The minimum atomic E-state index is -0.451. The highest BCUT2D eigenvalue weighted by atomic mass is 16.6. The average Bonchev–Trinajstić information content (AvgIpc) is 2.35. The molecule has 1 aromatic rings. The lowest BCUT2D eigenvalue weighted by Gasteiger charge is -2.38. The first kappa shape index (κ1) is 16.5. The summed E-state index contributed by atoms with van der Waals surface area (Å²) in [6.45, 7) is 7.91. The molecule has 0 radical (unpaired) electrons. The van der Waals surface area contributed by atoms with Crippen LogP contribution in [0.3, 0.4) is 0 Å². The molecule has 0 saturated heterocycles. The van der Waals surface area contributed by atoms with Crippen molar-refractivity contribution in [3.05, 3.63) is 29.8 Å². The van der Waals surface area contributed by atoms with E-state index in [9.17, 15) is 9.59 Å². The Labute approximate surface area is 131 Å². The molecule has 4 nitrogen and oxygen atoms in total. The van der Waals surface area contributed by atoms with Gasteiger partial charge >= 0.3 is 11.9 Å². The van der Waals surface area contributed by atoms with Gasteiger partial charge in [-0.15, -0.1) is 0 Å². The number of esters is 2. The van der Waals surface area contributed by atoms with E-state index in [1.807, 2.05) is 0 Å². The van der Waals surface area contributed by atoms with E-state index in [-0.39, 0.29) is 17.3 Å². The molecular weight excluding hydrogens is 280 g/mol. The van der Waals surface area contributed by atoms with Crippen LogP contribution < -0.4 is 4.74 Å². The van der Waals surface area contributed by atoms with E-state index in [2.05, 4.69) is 20.8 Å². The molecular formula is C18H24O4. The molecule has 2 rings (SSSR count). The van der Waals surface area contributed by atoms with Crippen LogP contribution in [0.2, 0.25) is 0 Å². The summed E-state index contributed by atoms with van der Waals surface area (Å²) in [5, 5.41) is 0. The molecule has 2 atom stereocenters. The third-order valence-electron chi connectivity index (χ3n) is 3.98. The maximum atomic E-state index is 12.4. The number of carbonyl (C=O) groups is 2. The third-order valence-corrected chi connectivity index (χ3v) is 3.98. The molecule has 1 aromatic carbocycles. The first-order chi connectivity index (χ1) is 10.3. The summed E-state index contributed by atoms with van der Waals surface area (Å²) < 4.78 is 10.8. The van der Waals surface area contributed by atoms with Crippen LogP contribution in [0.25, 0.3) is 0 Å². The molecule has 0 aromatic heterocycles. The standard InChI is InChI=1S/C18H24O4/c1-12-9-14(11-18(3,4)10-12)22-17(20)15-7-5-6-8-16(15)21-13(2)19/h5-8,12,14H,9-11H2,1-4H3. The Morgan fingerprint density at radius 2 is 1.86 bits per heavy atom. The Balaban J connectivity index is 2.11. The van der Waals surface area contributed by atoms with Crippen LogP contribution in [0.5, 0.6) is 5.75 Å². The molecule has 4 heteroatoms. The minimum Gasteiger partial charge on any atom is -0.459 e. The summed E-state index contributed by atoms with van der Waals surface area (Å²) in [6, 6.07) is 6.68. The Kier molecular flexibility index (Phi) is 4.89. The highest BCUT2D eigenvalue weighted by molar-refractivity contribution is 5.93. The van der Waals surface area contributed by atoms with Gasteiger partial charge in [0, 0.05) is 6.92 Å². The Morgan fingerprint density at radius 3 is 2.50 bits per heavy atom. The number of benzene rings is 1. The first-order valence-corrected chi connectivity index (χ1v) is 7.75. The number of hydrogen-bond acceptors (Lipinski definition) is 4. The lowest BCUT2D eigenvalue weighted by molar-refractivity contribution is -0.131. The Bertz CT molecular complexity index is 562. The second kappa shape index (κ2) is 6.51.